The zero-order valence-corrected chi connectivity index (χ0v) is 20.3. The van der Waals surface area contributed by atoms with E-state index >= 15 is 0 Å². The molecule has 4 atom stereocenters. The zero-order chi connectivity index (χ0) is 24.6. The molecule has 2 saturated heterocycles. The topological polar surface area (TPSA) is 180 Å². The number of aromatic nitrogens is 2. The van der Waals surface area contributed by atoms with Gasteiger partial charge in [0.2, 0.25) is 5.91 Å². The van der Waals surface area contributed by atoms with Crippen molar-refractivity contribution in [2.75, 3.05) is 18.6 Å². The summed E-state index contributed by atoms with van der Waals surface area (Å²) in [6.07, 6.45) is 3.01. The van der Waals surface area contributed by atoms with E-state index in [0.29, 0.717) is 0 Å². The second-order valence-electron chi connectivity index (χ2n) is 7.46. The Morgan fingerprint density at radius 2 is 2.21 bits per heavy atom. The number of thiazole rings is 2. The molecule has 2 aliphatic rings. The van der Waals surface area contributed by atoms with E-state index in [2.05, 4.69) is 20.4 Å². The van der Waals surface area contributed by atoms with Crippen LogP contribution < -0.4 is 11.1 Å². The van der Waals surface area contributed by atoms with Crippen LogP contribution in [0.1, 0.15) is 16.3 Å². The quantitative estimate of drug-likeness (QED) is 0.221. The molecule has 15 heteroatoms. The zero-order valence-electron chi connectivity index (χ0n) is 17.9. The fraction of sp³-hybridized carbons (Fsp3) is 0.368. The second-order valence-corrected chi connectivity index (χ2v) is 10.3. The first-order valence-corrected chi connectivity index (χ1v) is 12.6. The van der Waals surface area contributed by atoms with Crippen LogP contribution in [-0.4, -0.2) is 84.5 Å². The molecule has 2 aromatic rings. The molecule has 2 fully saturated rings. The number of aliphatic carboxylic acids is 1. The lowest BCUT2D eigenvalue weighted by atomic mass is 9.89. The number of rotatable bonds is 7. The van der Waals surface area contributed by atoms with Crippen molar-refractivity contribution in [2.24, 2.45) is 5.16 Å². The molecule has 2 aliphatic heterocycles. The van der Waals surface area contributed by atoms with Gasteiger partial charge in [0.1, 0.15) is 29.8 Å². The van der Waals surface area contributed by atoms with Gasteiger partial charge in [0, 0.05) is 16.0 Å². The Kier molecular flexibility index (Phi) is 6.62. The van der Waals surface area contributed by atoms with E-state index in [9.17, 15) is 24.6 Å². The van der Waals surface area contributed by atoms with Crippen molar-refractivity contribution in [3.63, 3.8) is 0 Å². The highest BCUT2D eigenvalue weighted by atomic mass is 32.2. The van der Waals surface area contributed by atoms with Gasteiger partial charge in [0.15, 0.2) is 16.9 Å². The SMILES string of the molecule is CO/N=C(\C(=O)N[C@@H]1C(=O)N2C(C(=O)O)C(O)(/C=C\c3scnc3C)CS[C@H]12)c1csc(N)n1. The summed E-state index contributed by atoms with van der Waals surface area (Å²) in [6.45, 7) is 1.80. The maximum atomic E-state index is 12.9. The molecular formula is C19H20N6O6S3. The van der Waals surface area contributed by atoms with Crippen molar-refractivity contribution in [3.8, 4) is 0 Å². The molecule has 0 radical (unpaired) electrons. The predicted octanol–water partition coefficient (Wildman–Crippen LogP) is 0.138. The second kappa shape index (κ2) is 9.32. The minimum absolute atomic E-state index is 0.000766. The van der Waals surface area contributed by atoms with Gasteiger partial charge in [-0.3, -0.25) is 9.59 Å². The summed E-state index contributed by atoms with van der Waals surface area (Å²) in [5, 5.41) is 28.3. The normalized spacial score (nSPS) is 26.8. The van der Waals surface area contributed by atoms with Gasteiger partial charge in [0.05, 0.1) is 11.2 Å². The number of carboxylic acids is 1. The number of aryl methyl sites for hydroxylation is 1. The van der Waals surface area contributed by atoms with Crippen molar-refractivity contribution < 1.29 is 29.4 Å². The third-order valence-electron chi connectivity index (χ3n) is 5.31. The molecule has 2 aromatic heterocycles. The van der Waals surface area contributed by atoms with Crippen LogP contribution in [0.5, 0.6) is 0 Å². The summed E-state index contributed by atoms with van der Waals surface area (Å²) >= 11 is 3.63. The van der Waals surface area contributed by atoms with E-state index in [1.54, 1.807) is 18.5 Å². The van der Waals surface area contributed by atoms with Gasteiger partial charge in [-0.2, -0.15) is 0 Å². The van der Waals surface area contributed by atoms with Crippen LogP contribution in [-0.2, 0) is 19.2 Å². The number of amides is 2. The third kappa shape index (κ3) is 4.26. The first kappa shape index (κ1) is 24.1. The minimum Gasteiger partial charge on any atom is -0.480 e. The molecule has 180 valence electrons. The van der Waals surface area contributed by atoms with E-state index in [0.717, 1.165) is 26.8 Å². The number of hydrogen-bond acceptors (Lipinski definition) is 12. The van der Waals surface area contributed by atoms with Crippen LogP contribution in [0.4, 0.5) is 5.13 Å². The Hall–Kier alpha value is -3.01. The highest BCUT2D eigenvalue weighted by molar-refractivity contribution is 8.00. The van der Waals surface area contributed by atoms with E-state index < -0.39 is 40.8 Å². The molecule has 0 saturated carbocycles. The standard InChI is InChI=1S/C19H20N6O6S3/c1-8-10(34-7-21-8)3-4-19(30)6-33-16-12(15(27)25(16)13(19)17(28)29)23-14(26)11(24-31-2)9-5-32-18(20)22-9/h3-5,7,12-13,16,30H,6H2,1-2H3,(H2,20,22)(H,23,26)(H,28,29)/b4-3-,24-11-/t12-,13?,16-,19?/m1/s1. The number of β-lactam (4-membered cyclic amide) rings is 1. The van der Waals surface area contributed by atoms with Gasteiger partial charge >= 0.3 is 5.97 Å². The Balaban J connectivity index is 1.52. The molecule has 12 nitrogen and oxygen atoms in total. The summed E-state index contributed by atoms with van der Waals surface area (Å²) in [4.78, 5) is 52.6. The maximum absolute atomic E-state index is 12.9. The summed E-state index contributed by atoms with van der Waals surface area (Å²) in [6, 6.07) is -2.52. The van der Waals surface area contributed by atoms with Crippen LogP contribution in [0, 0.1) is 6.92 Å². The number of nitrogens with zero attached hydrogens (tertiary/aromatic N) is 4. The van der Waals surface area contributed by atoms with Gasteiger partial charge in [-0.25, -0.2) is 14.8 Å². The number of fused-ring (bicyclic) bond motifs is 1. The van der Waals surface area contributed by atoms with E-state index in [4.69, 9.17) is 10.6 Å². The molecule has 4 rings (SSSR count). The van der Waals surface area contributed by atoms with Crippen molar-refractivity contribution in [1.29, 1.82) is 0 Å². The molecule has 0 spiro atoms. The van der Waals surface area contributed by atoms with Crippen LogP contribution >= 0.6 is 34.4 Å². The average molecular weight is 525 g/mol. The fourth-order valence-corrected chi connectivity index (χ4v) is 6.37. The number of anilines is 1. The molecule has 0 aliphatic carbocycles. The Morgan fingerprint density at radius 3 is 2.79 bits per heavy atom. The first-order chi connectivity index (χ1) is 16.2. The lowest BCUT2D eigenvalue weighted by Gasteiger charge is -2.56. The van der Waals surface area contributed by atoms with Gasteiger partial charge in [-0.1, -0.05) is 5.16 Å². The number of carboxylic acid groups (broad SMARTS) is 1. The van der Waals surface area contributed by atoms with Crippen LogP contribution in [0.3, 0.4) is 0 Å². The summed E-state index contributed by atoms with van der Waals surface area (Å²) in [5.74, 6) is -2.70. The fourth-order valence-electron chi connectivity index (χ4n) is 3.67. The first-order valence-electron chi connectivity index (χ1n) is 9.78. The summed E-state index contributed by atoms with van der Waals surface area (Å²) in [7, 11) is 1.26. The number of thioether (sulfide) groups is 1. The highest BCUT2D eigenvalue weighted by Gasteiger charge is 2.62. The minimum atomic E-state index is -1.81. The van der Waals surface area contributed by atoms with E-state index in [-0.39, 0.29) is 22.3 Å². The van der Waals surface area contributed by atoms with Crippen LogP contribution in [0.15, 0.2) is 22.1 Å². The van der Waals surface area contributed by atoms with Gasteiger partial charge in [-0.05, 0) is 19.1 Å². The number of carbonyl (C=O) groups is 3. The highest BCUT2D eigenvalue weighted by Crippen LogP contribution is 2.43. The number of aliphatic hydroxyl groups is 1. The lowest BCUT2D eigenvalue weighted by molar-refractivity contribution is -0.171. The number of nitrogens with two attached hydrogens (primary N) is 1. The Labute approximate surface area is 205 Å². The summed E-state index contributed by atoms with van der Waals surface area (Å²) < 4.78 is 0. The monoisotopic (exact) mass is 524 g/mol. The largest absolute Gasteiger partial charge is 0.480 e. The predicted molar refractivity (Wildman–Crippen MR) is 127 cm³/mol. The number of carbonyl (C=O) groups excluding carboxylic acids is 2. The molecular weight excluding hydrogens is 504 g/mol. The Bertz CT molecular complexity index is 1190. The molecule has 34 heavy (non-hydrogen) atoms. The molecule has 0 bridgehead atoms. The third-order valence-corrected chi connectivity index (χ3v) is 8.35. The van der Waals surface area contributed by atoms with Gasteiger partial charge in [0.25, 0.3) is 5.91 Å². The molecule has 0 aromatic carbocycles. The summed E-state index contributed by atoms with van der Waals surface area (Å²) in [5.41, 5.74) is 6.22. The van der Waals surface area contributed by atoms with Crippen molar-refractivity contribution in [3.05, 3.63) is 33.2 Å². The van der Waals surface area contributed by atoms with Crippen molar-refractivity contribution in [1.82, 2.24) is 20.2 Å². The maximum Gasteiger partial charge on any atom is 0.329 e. The number of nitrogen functional groups attached to an aromatic ring is 1. The smallest absolute Gasteiger partial charge is 0.329 e. The van der Waals surface area contributed by atoms with E-state index in [1.807, 2.05) is 0 Å². The van der Waals surface area contributed by atoms with Gasteiger partial charge < -0.3 is 31.0 Å². The number of nitrogens with one attached hydrogen (secondary N) is 1. The van der Waals surface area contributed by atoms with Gasteiger partial charge in [-0.15, -0.1) is 34.4 Å². The molecule has 2 unspecified atom stereocenters. The van der Waals surface area contributed by atoms with Crippen LogP contribution in [0.2, 0.25) is 0 Å². The van der Waals surface area contributed by atoms with Crippen molar-refractivity contribution >= 4 is 69.1 Å². The number of oxime groups is 1. The molecule has 2 amide bonds. The van der Waals surface area contributed by atoms with Crippen LogP contribution in [0.25, 0.3) is 6.08 Å². The number of hydrogen-bond donors (Lipinski definition) is 4. The average Bonchev–Trinajstić information content (AvgIpc) is 3.41. The van der Waals surface area contributed by atoms with E-state index in [1.165, 1.54) is 41.7 Å². The lowest BCUT2D eigenvalue weighted by Crippen LogP contribution is -2.79. The molecule has 5 N–H and O–H groups in total. The molecule has 4 heterocycles. The Morgan fingerprint density at radius 1 is 1.44 bits per heavy atom. The van der Waals surface area contributed by atoms with Crippen molar-refractivity contribution in [2.45, 2.75) is 30.0 Å².